The molecule has 0 unspecified atom stereocenters. The third-order valence-corrected chi connectivity index (χ3v) is 0.540. The van der Waals surface area contributed by atoms with Gasteiger partial charge < -0.3 is 4.74 Å². The second-order valence-electron chi connectivity index (χ2n) is 1.82. The van der Waals surface area contributed by atoms with E-state index in [1.54, 1.807) is 0 Å². The lowest BCUT2D eigenvalue weighted by atomic mass is 10.4. The highest BCUT2D eigenvalue weighted by atomic mass is 19.1. The Bertz CT molecular complexity index is 120. The van der Waals surface area contributed by atoms with Crippen LogP contribution in [0.3, 0.4) is 0 Å². The fraction of sp³-hybridized carbons (Fsp3) is 0.500. The first-order chi connectivity index (χ1) is 4.13. The summed E-state index contributed by atoms with van der Waals surface area (Å²) in [6.07, 6.45) is 1.05. The summed E-state index contributed by atoms with van der Waals surface area (Å²) in [4.78, 5) is 3.72. The Morgan fingerprint density at radius 1 is 1.78 bits per heavy atom. The zero-order valence-electron chi connectivity index (χ0n) is 5.60. The van der Waals surface area contributed by atoms with Crippen molar-refractivity contribution in [1.29, 1.82) is 0 Å². The van der Waals surface area contributed by atoms with Crippen molar-refractivity contribution in [3.05, 3.63) is 12.6 Å². The van der Waals surface area contributed by atoms with Gasteiger partial charge in [0, 0.05) is 6.04 Å². The smallest absolute Gasteiger partial charge is 0.271 e. The Labute approximate surface area is 54.0 Å². The third-order valence-electron chi connectivity index (χ3n) is 0.540. The average Bonchev–Trinajstić information content (AvgIpc) is 1.63. The van der Waals surface area contributed by atoms with E-state index in [2.05, 4.69) is 16.3 Å². The van der Waals surface area contributed by atoms with Crippen molar-refractivity contribution in [2.75, 3.05) is 0 Å². The highest BCUT2D eigenvalue weighted by molar-refractivity contribution is 5.47. The van der Waals surface area contributed by atoms with E-state index in [9.17, 15) is 4.39 Å². The van der Waals surface area contributed by atoms with Gasteiger partial charge in [-0.05, 0) is 20.4 Å². The van der Waals surface area contributed by atoms with E-state index < -0.39 is 6.01 Å². The fourth-order valence-electron chi connectivity index (χ4n) is 0.209. The van der Waals surface area contributed by atoms with Crippen molar-refractivity contribution in [2.45, 2.75) is 19.9 Å². The maximum atomic E-state index is 11.6. The van der Waals surface area contributed by atoms with Crippen LogP contribution in [0, 0.1) is 0 Å². The molecule has 0 saturated carbocycles. The second-order valence-corrected chi connectivity index (χ2v) is 1.82. The molecule has 0 aliphatic carbocycles. The number of halogens is 1. The zero-order valence-corrected chi connectivity index (χ0v) is 5.60. The van der Waals surface area contributed by atoms with Crippen molar-refractivity contribution < 1.29 is 9.13 Å². The fourth-order valence-corrected chi connectivity index (χ4v) is 0.209. The number of hydrogen-bond acceptors (Lipinski definition) is 2. The third kappa shape index (κ3) is 7.14. The number of hydrogen-bond donors (Lipinski definition) is 0. The Balaban J connectivity index is 3.36. The van der Waals surface area contributed by atoms with Gasteiger partial charge in [-0.15, -0.1) is 0 Å². The van der Waals surface area contributed by atoms with E-state index in [-0.39, 0.29) is 6.04 Å². The van der Waals surface area contributed by atoms with E-state index in [1.807, 2.05) is 13.8 Å². The molecule has 0 spiro atoms. The van der Waals surface area contributed by atoms with Crippen molar-refractivity contribution in [1.82, 2.24) is 0 Å². The van der Waals surface area contributed by atoms with Crippen LogP contribution in [0.2, 0.25) is 0 Å². The van der Waals surface area contributed by atoms with Gasteiger partial charge in [-0.2, -0.15) is 4.39 Å². The first-order valence-electron chi connectivity index (χ1n) is 2.65. The van der Waals surface area contributed by atoms with Crippen LogP contribution in [0.5, 0.6) is 0 Å². The normalized spacial score (nSPS) is 10.7. The maximum Gasteiger partial charge on any atom is 0.271 e. The van der Waals surface area contributed by atoms with Crippen molar-refractivity contribution in [3.8, 4) is 0 Å². The van der Waals surface area contributed by atoms with Gasteiger partial charge in [-0.3, -0.25) is 4.99 Å². The van der Waals surface area contributed by atoms with Gasteiger partial charge in [-0.1, -0.05) is 0 Å². The zero-order chi connectivity index (χ0) is 7.28. The summed E-state index contributed by atoms with van der Waals surface area (Å²) in [5.41, 5.74) is 0. The predicted molar refractivity (Wildman–Crippen MR) is 35.0 cm³/mol. The Morgan fingerprint density at radius 3 is 2.67 bits per heavy atom. The largest absolute Gasteiger partial charge is 0.420 e. The summed E-state index contributed by atoms with van der Waals surface area (Å²) in [7, 11) is 0. The monoisotopic (exact) mass is 131 g/mol. The van der Waals surface area contributed by atoms with E-state index in [4.69, 9.17) is 0 Å². The lowest BCUT2D eigenvalue weighted by Crippen LogP contribution is -1.90. The van der Waals surface area contributed by atoms with Crippen LogP contribution in [0.25, 0.3) is 0 Å². The van der Waals surface area contributed by atoms with Gasteiger partial charge in [0.25, 0.3) is 6.01 Å². The van der Waals surface area contributed by atoms with Crippen LogP contribution in [-0.4, -0.2) is 12.4 Å². The maximum absolute atomic E-state index is 11.6. The molecule has 0 fully saturated rings. The summed E-state index contributed by atoms with van der Waals surface area (Å²) in [6.45, 7) is 6.60. The molecular weight excluding hydrogens is 121 g/mol. The average molecular weight is 131 g/mol. The summed E-state index contributed by atoms with van der Waals surface area (Å²) in [5, 5.41) is 0. The molecule has 0 rings (SSSR count). The predicted octanol–water partition coefficient (Wildman–Crippen LogP) is 1.88. The lowest BCUT2D eigenvalue weighted by molar-refractivity contribution is 0.305. The van der Waals surface area contributed by atoms with Crippen LogP contribution >= 0.6 is 0 Å². The molecule has 2 nitrogen and oxygen atoms in total. The van der Waals surface area contributed by atoms with Crippen LogP contribution in [-0.2, 0) is 4.74 Å². The minimum atomic E-state index is -0.834. The Morgan fingerprint density at radius 2 is 2.33 bits per heavy atom. The molecule has 0 heterocycles. The minimum Gasteiger partial charge on any atom is -0.420 e. The van der Waals surface area contributed by atoms with Gasteiger partial charge in [0.1, 0.15) is 0 Å². The van der Waals surface area contributed by atoms with Gasteiger partial charge in [0.2, 0.25) is 0 Å². The van der Waals surface area contributed by atoms with Gasteiger partial charge in [0.15, 0.2) is 6.40 Å². The minimum absolute atomic E-state index is 0.129. The molecule has 0 radical (unpaired) electrons. The molecule has 0 bridgehead atoms. The van der Waals surface area contributed by atoms with Gasteiger partial charge >= 0.3 is 0 Å². The standard InChI is InChI=1S/C6H10FNO/c1-5(2)8-4-9-6(3)7/h4-5H,3H2,1-2H3. The molecule has 3 heteroatoms. The highest BCUT2D eigenvalue weighted by Crippen LogP contribution is 1.91. The van der Waals surface area contributed by atoms with E-state index in [0.29, 0.717) is 0 Å². The molecule has 0 saturated heterocycles. The Hall–Kier alpha value is -0.860. The van der Waals surface area contributed by atoms with Crippen LogP contribution in [0.15, 0.2) is 17.6 Å². The molecule has 0 N–H and O–H groups in total. The summed E-state index contributed by atoms with van der Waals surface area (Å²) in [5.74, 6) is 0. The van der Waals surface area contributed by atoms with Crippen LogP contribution in [0.4, 0.5) is 4.39 Å². The number of aliphatic imine (C=N–C) groups is 1. The van der Waals surface area contributed by atoms with Crippen LogP contribution < -0.4 is 0 Å². The lowest BCUT2D eigenvalue weighted by Gasteiger charge is -1.93. The molecule has 0 aromatic rings. The molecule has 0 amide bonds. The van der Waals surface area contributed by atoms with Crippen molar-refractivity contribution in [3.63, 3.8) is 0 Å². The quantitative estimate of drug-likeness (QED) is 0.325. The Kier molecular flexibility index (Phi) is 3.67. The van der Waals surface area contributed by atoms with Gasteiger partial charge in [-0.25, -0.2) is 0 Å². The van der Waals surface area contributed by atoms with E-state index in [0.717, 1.165) is 6.40 Å². The molecule has 52 valence electrons. The second kappa shape index (κ2) is 4.06. The molecule has 0 atom stereocenters. The molecular formula is C6H10FNO. The van der Waals surface area contributed by atoms with E-state index >= 15 is 0 Å². The topological polar surface area (TPSA) is 21.6 Å². The number of nitrogens with zero attached hydrogens (tertiary/aromatic N) is 1. The molecule has 0 aromatic heterocycles. The van der Waals surface area contributed by atoms with Crippen LogP contribution in [0.1, 0.15) is 13.8 Å². The highest BCUT2D eigenvalue weighted by Gasteiger charge is 1.85. The summed E-state index contributed by atoms with van der Waals surface area (Å²) >= 11 is 0. The molecule has 0 aliphatic rings. The SMILES string of the molecule is C=C(F)OC=NC(C)C. The van der Waals surface area contributed by atoms with E-state index in [1.165, 1.54) is 0 Å². The van der Waals surface area contributed by atoms with Gasteiger partial charge in [0.05, 0.1) is 0 Å². The molecule has 0 aliphatic heterocycles. The first-order valence-corrected chi connectivity index (χ1v) is 2.65. The summed E-state index contributed by atoms with van der Waals surface area (Å²) in [6, 6.07) is -0.705. The molecule has 9 heavy (non-hydrogen) atoms. The number of ether oxygens (including phenoxy) is 1. The number of rotatable bonds is 3. The summed E-state index contributed by atoms with van der Waals surface area (Å²) < 4.78 is 15.8. The first kappa shape index (κ1) is 8.14. The van der Waals surface area contributed by atoms with Crippen molar-refractivity contribution >= 4 is 6.40 Å². The molecule has 0 aromatic carbocycles. The van der Waals surface area contributed by atoms with Crippen molar-refractivity contribution in [2.24, 2.45) is 4.99 Å².